The molecule has 0 aliphatic carbocycles. The van der Waals surface area contributed by atoms with Crippen molar-refractivity contribution in [3.8, 4) is 11.5 Å². The molecule has 5 heteroatoms. The van der Waals surface area contributed by atoms with Crippen LogP contribution in [0.1, 0.15) is 23.6 Å². The molecule has 0 radical (unpaired) electrons. The van der Waals surface area contributed by atoms with Crippen molar-refractivity contribution >= 4 is 11.6 Å². The number of hydrogen-bond acceptors (Lipinski definition) is 4. The van der Waals surface area contributed by atoms with E-state index in [9.17, 15) is 5.11 Å². The van der Waals surface area contributed by atoms with Crippen molar-refractivity contribution in [2.75, 3.05) is 13.7 Å². The molecule has 0 aromatic heterocycles. The maximum atomic E-state index is 9.30. The van der Waals surface area contributed by atoms with E-state index in [0.29, 0.717) is 36.2 Å². The highest BCUT2D eigenvalue weighted by Crippen LogP contribution is 2.34. The van der Waals surface area contributed by atoms with E-state index >= 15 is 0 Å². The summed E-state index contributed by atoms with van der Waals surface area (Å²) < 4.78 is 11.3. The first-order valence-corrected chi connectivity index (χ1v) is 8.31. The van der Waals surface area contributed by atoms with E-state index < -0.39 is 6.10 Å². The van der Waals surface area contributed by atoms with E-state index in [1.54, 1.807) is 20.1 Å². The molecule has 2 aromatic rings. The normalized spacial score (nSPS) is 12.0. The molecule has 0 amide bonds. The van der Waals surface area contributed by atoms with Crippen LogP contribution in [0.5, 0.6) is 11.5 Å². The van der Waals surface area contributed by atoms with E-state index in [1.807, 2.05) is 24.3 Å². The van der Waals surface area contributed by atoms with Gasteiger partial charge in [-0.1, -0.05) is 35.9 Å². The van der Waals surface area contributed by atoms with Crippen molar-refractivity contribution in [1.82, 2.24) is 5.32 Å². The second-order valence-corrected chi connectivity index (χ2v) is 6.20. The molecule has 0 saturated carbocycles. The van der Waals surface area contributed by atoms with Gasteiger partial charge in [0.15, 0.2) is 11.5 Å². The lowest BCUT2D eigenvalue weighted by molar-refractivity contribution is 0.191. The van der Waals surface area contributed by atoms with Gasteiger partial charge in [-0.15, -0.1) is 0 Å². The number of halogens is 1. The van der Waals surface area contributed by atoms with Crippen LogP contribution < -0.4 is 14.8 Å². The Labute approximate surface area is 148 Å². The monoisotopic (exact) mass is 349 g/mol. The molecule has 0 saturated heterocycles. The highest BCUT2D eigenvalue weighted by Gasteiger charge is 2.11. The Morgan fingerprint density at radius 1 is 1.17 bits per heavy atom. The smallest absolute Gasteiger partial charge is 0.163 e. The number of rotatable bonds is 8. The van der Waals surface area contributed by atoms with Crippen LogP contribution in [0, 0.1) is 6.92 Å². The first-order chi connectivity index (χ1) is 11.5. The number of aliphatic hydroxyl groups excluding tert-OH is 1. The first-order valence-electron chi connectivity index (χ1n) is 7.93. The minimum Gasteiger partial charge on any atom is -0.493 e. The molecule has 0 bridgehead atoms. The van der Waals surface area contributed by atoms with Crippen molar-refractivity contribution < 1.29 is 14.6 Å². The molecule has 0 aliphatic rings. The van der Waals surface area contributed by atoms with E-state index in [-0.39, 0.29) is 0 Å². The van der Waals surface area contributed by atoms with Crippen LogP contribution in [0.15, 0.2) is 36.4 Å². The van der Waals surface area contributed by atoms with E-state index in [0.717, 1.165) is 11.1 Å². The zero-order valence-corrected chi connectivity index (χ0v) is 15.1. The molecule has 0 fully saturated rings. The topological polar surface area (TPSA) is 50.7 Å². The molecule has 2 rings (SSSR count). The standard InChI is InChI=1S/C19H24ClNO3/c1-13-6-4-5-7-15(13)12-24-19-9-17(20)16(8-18(19)23-3)11-21-10-14(2)22/h4-9,14,21-22H,10-12H2,1-3H3. The molecule has 0 spiro atoms. The number of aliphatic hydroxyl groups is 1. The molecule has 4 nitrogen and oxygen atoms in total. The number of ether oxygens (including phenoxy) is 2. The molecule has 1 atom stereocenters. The molecule has 1 unspecified atom stereocenters. The van der Waals surface area contributed by atoms with Crippen molar-refractivity contribution in [1.29, 1.82) is 0 Å². The molecular formula is C19H24ClNO3. The van der Waals surface area contributed by atoms with Crippen molar-refractivity contribution in [3.63, 3.8) is 0 Å². The largest absolute Gasteiger partial charge is 0.493 e. The van der Waals surface area contributed by atoms with E-state index in [4.69, 9.17) is 21.1 Å². The van der Waals surface area contributed by atoms with Crippen LogP contribution in [0.3, 0.4) is 0 Å². The van der Waals surface area contributed by atoms with Gasteiger partial charge in [-0.05, 0) is 36.6 Å². The molecule has 0 heterocycles. The molecular weight excluding hydrogens is 326 g/mol. The van der Waals surface area contributed by atoms with Crippen molar-refractivity contribution in [2.24, 2.45) is 0 Å². The lowest BCUT2D eigenvalue weighted by Crippen LogP contribution is -2.24. The quantitative estimate of drug-likeness (QED) is 0.763. The second-order valence-electron chi connectivity index (χ2n) is 5.79. The van der Waals surface area contributed by atoms with Crippen LogP contribution in [-0.4, -0.2) is 24.9 Å². The zero-order valence-electron chi connectivity index (χ0n) is 14.3. The zero-order chi connectivity index (χ0) is 17.5. The Balaban J connectivity index is 2.10. The molecule has 2 N–H and O–H groups in total. The maximum absolute atomic E-state index is 9.30. The Hall–Kier alpha value is -1.75. The summed E-state index contributed by atoms with van der Waals surface area (Å²) in [7, 11) is 1.61. The van der Waals surface area contributed by atoms with Gasteiger partial charge in [0.05, 0.1) is 13.2 Å². The van der Waals surface area contributed by atoms with Crippen LogP contribution in [0.2, 0.25) is 5.02 Å². The van der Waals surface area contributed by atoms with E-state index in [2.05, 4.69) is 18.3 Å². The van der Waals surface area contributed by atoms with Crippen molar-refractivity contribution in [3.05, 3.63) is 58.1 Å². The number of methoxy groups -OCH3 is 1. The van der Waals surface area contributed by atoms with Crippen LogP contribution >= 0.6 is 11.6 Å². The van der Waals surface area contributed by atoms with Gasteiger partial charge in [0.1, 0.15) is 6.61 Å². The predicted octanol–water partition coefficient (Wildman–Crippen LogP) is 3.71. The SMILES string of the molecule is COc1cc(CNCC(C)O)c(Cl)cc1OCc1ccccc1C. The summed E-state index contributed by atoms with van der Waals surface area (Å²) in [6.07, 6.45) is -0.401. The predicted molar refractivity (Wildman–Crippen MR) is 96.9 cm³/mol. The van der Waals surface area contributed by atoms with Gasteiger partial charge in [-0.3, -0.25) is 0 Å². The summed E-state index contributed by atoms with van der Waals surface area (Å²) in [5.74, 6) is 1.26. The number of aryl methyl sites for hydroxylation is 1. The number of benzene rings is 2. The third-order valence-corrected chi connectivity index (χ3v) is 4.08. The van der Waals surface area contributed by atoms with E-state index in [1.165, 1.54) is 5.56 Å². The summed E-state index contributed by atoms with van der Waals surface area (Å²) in [6.45, 7) is 5.30. The fraction of sp³-hybridized carbons (Fsp3) is 0.368. The van der Waals surface area contributed by atoms with Crippen LogP contribution in [0.4, 0.5) is 0 Å². The lowest BCUT2D eigenvalue weighted by atomic mass is 10.1. The molecule has 130 valence electrons. The minimum absolute atomic E-state index is 0.401. The minimum atomic E-state index is -0.401. The molecule has 0 aliphatic heterocycles. The number of nitrogens with one attached hydrogen (secondary N) is 1. The molecule has 2 aromatic carbocycles. The summed E-state index contributed by atoms with van der Waals surface area (Å²) in [5.41, 5.74) is 3.21. The van der Waals surface area contributed by atoms with Gasteiger partial charge in [0.25, 0.3) is 0 Å². The molecule has 24 heavy (non-hydrogen) atoms. The van der Waals surface area contributed by atoms with Crippen LogP contribution in [-0.2, 0) is 13.2 Å². The highest BCUT2D eigenvalue weighted by atomic mass is 35.5. The average molecular weight is 350 g/mol. The Morgan fingerprint density at radius 3 is 2.58 bits per heavy atom. The highest BCUT2D eigenvalue weighted by molar-refractivity contribution is 6.31. The summed E-state index contributed by atoms with van der Waals surface area (Å²) in [4.78, 5) is 0. The summed E-state index contributed by atoms with van der Waals surface area (Å²) in [6, 6.07) is 11.7. The Kier molecular flexibility index (Phi) is 6.91. The van der Waals surface area contributed by atoms with Gasteiger partial charge < -0.3 is 19.9 Å². The Bertz CT molecular complexity index is 674. The fourth-order valence-corrected chi connectivity index (χ4v) is 2.55. The first kappa shape index (κ1) is 18.6. The average Bonchev–Trinajstić information content (AvgIpc) is 2.55. The third-order valence-electron chi connectivity index (χ3n) is 3.73. The van der Waals surface area contributed by atoms with Gasteiger partial charge in [-0.2, -0.15) is 0 Å². The third kappa shape index (κ3) is 5.13. The van der Waals surface area contributed by atoms with Gasteiger partial charge >= 0.3 is 0 Å². The second kappa shape index (κ2) is 8.92. The Morgan fingerprint density at radius 2 is 1.92 bits per heavy atom. The number of hydrogen-bond donors (Lipinski definition) is 2. The van der Waals surface area contributed by atoms with Crippen LogP contribution in [0.25, 0.3) is 0 Å². The van der Waals surface area contributed by atoms with Gasteiger partial charge in [-0.25, -0.2) is 0 Å². The fourth-order valence-electron chi connectivity index (χ4n) is 2.33. The summed E-state index contributed by atoms with van der Waals surface area (Å²) >= 11 is 6.35. The lowest BCUT2D eigenvalue weighted by Gasteiger charge is -2.15. The van der Waals surface area contributed by atoms with Gasteiger partial charge in [0, 0.05) is 24.2 Å². The maximum Gasteiger partial charge on any atom is 0.163 e. The van der Waals surface area contributed by atoms with Gasteiger partial charge in [0.2, 0.25) is 0 Å². The summed E-state index contributed by atoms with van der Waals surface area (Å²) in [5, 5.41) is 13.1. The van der Waals surface area contributed by atoms with Crippen molar-refractivity contribution in [2.45, 2.75) is 33.1 Å².